The summed E-state index contributed by atoms with van der Waals surface area (Å²) in [5.41, 5.74) is 0.654. The van der Waals surface area contributed by atoms with E-state index in [-0.39, 0.29) is 23.1 Å². The number of nitrogens with one attached hydrogen (secondary N) is 1. The molecular formula is C16H19N3O2S. The van der Waals surface area contributed by atoms with Gasteiger partial charge in [0.1, 0.15) is 5.56 Å². The second-order valence-corrected chi connectivity index (χ2v) is 6.65. The van der Waals surface area contributed by atoms with Crippen LogP contribution in [0, 0.1) is 0 Å². The van der Waals surface area contributed by atoms with Gasteiger partial charge in [-0.05, 0) is 37.6 Å². The van der Waals surface area contributed by atoms with Crippen LogP contribution in [0.4, 0.5) is 0 Å². The Morgan fingerprint density at radius 2 is 2.14 bits per heavy atom. The Labute approximate surface area is 133 Å². The lowest BCUT2D eigenvalue weighted by Crippen LogP contribution is -2.53. The predicted octanol–water partition coefficient (Wildman–Crippen LogP) is 1.88. The highest BCUT2D eigenvalue weighted by atomic mass is 32.1. The van der Waals surface area contributed by atoms with E-state index >= 15 is 0 Å². The Balaban J connectivity index is 1.86. The largest absolute Gasteiger partial charge is 0.333 e. The number of amides is 1. The topological polar surface area (TPSA) is 56.4 Å². The zero-order valence-electron chi connectivity index (χ0n) is 12.7. The molecule has 1 fully saturated rings. The molecular weight excluding hydrogens is 298 g/mol. The van der Waals surface area contributed by atoms with Crippen LogP contribution in [0.1, 0.15) is 17.3 Å². The van der Waals surface area contributed by atoms with E-state index in [4.69, 9.17) is 0 Å². The van der Waals surface area contributed by atoms with Gasteiger partial charge in [0.05, 0.1) is 10.6 Å². The second kappa shape index (κ2) is 6.06. The van der Waals surface area contributed by atoms with E-state index in [9.17, 15) is 9.59 Å². The summed E-state index contributed by atoms with van der Waals surface area (Å²) >= 11 is 1.56. The number of carbonyl (C=O) groups is 1. The molecule has 1 amide bonds. The van der Waals surface area contributed by atoms with E-state index in [0.29, 0.717) is 6.54 Å². The fourth-order valence-corrected chi connectivity index (χ4v) is 3.52. The van der Waals surface area contributed by atoms with Crippen molar-refractivity contribution >= 4 is 17.2 Å². The number of nitrogens with zero attached hydrogens (tertiary/aromatic N) is 2. The smallest absolute Gasteiger partial charge is 0.261 e. The molecule has 116 valence electrons. The highest BCUT2D eigenvalue weighted by Gasteiger charge is 2.27. The number of aromatic nitrogens is 1. The van der Waals surface area contributed by atoms with Crippen molar-refractivity contribution in [3.05, 3.63) is 45.6 Å². The number of aromatic amines is 1. The molecule has 5 nitrogen and oxygen atoms in total. The van der Waals surface area contributed by atoms with Crippen molar-refractivity contribution in [2.75, 3.05) is 26.7 Å². The number of carbonyl (C=O) groups excluding carboxylic acids is 1. The molecule has 1 N–H and O–H groups in total. The van der Waals surface area contributed by atoms with Crippen LogP contribution in [0.3, 0.4) is 0 Å². The maximum Gasteiger partial charge on any atom is 0.261 e. The van der Waals surface area contributed by atoms with Gasteiger partial charge in [-0.15, -0.1) is 11.3 Å². The molecule has 1 atom stereocenters. The Morgan fingerprint density at radius 3 is 2.77 bits per heavy atom. The lowest BCUT2D eigenvalue weighted by molar-refractivity contribution is 0.0532. The van der Waals surface area contributed by atoms with Crippen LogP contribution < -0.4 is 5.56 Å². The first kappa shape index (κ1) is 15.0. The van der Waals surface area contributed by atoms with Crippen LogP contribution in [-0.4, -0.2) is 53.4 Å². The summed E-state index contributed by atoms with van der Waals surface area (Å²) in [6.45, 7) is 4.34. The summed E-state index contributed by atoms with van der Waals surface area (Å²) in [5, 5.41) is 1.96. The standard InChI is InChI=1S/C16H19N3O2S/c1-11-10-18(2)7-8-19(11)16(21)12-5-6-13(17-15(12)20)14-4-3-9-22-14/h3-6,9,11H,7-8,10H2,1-2H3,(H,17,20)/t11-/m1/s1. The SMILES string of the molecule is C[C@@H]1CN(C)CCN1C(=O)c1ccc(-c2cccs2)[nH]c1=O. The maximum atomic E-state index is 12.6. The fourth-order valence-electron chi connectivity index (χ4n) is 2.81. The van der Waals surface area contributed by atoms with Gasteiger partial charge in [-0.1, -0.05) is 6.07 Å². The molecule has 3 heterocycles. The van der Waals surface area contributed by atoms with Gasteiger partial charge < -0.3 is 14.8 Å². The number of rotatable bonds is 2. The van der Waals surface area contributed by atoms with Gasteiger partial charge in [0.15, 0.2) is 0 Å². The molecule has 0 unspecified atom stereocenters. The Bertz CT molecular complexity index is 723. The van der Waals surface area contributed by atoms with E-state index in [1.165, 1.54) is 0 Å². The van der Waals surface area contributed by atoms with Crippen molar-refractivity contribution in [1.29, 1.82) is 0 Å². The molecule has 0 radical (unpaired) electrons. The van der Waals surface area contributed by atoms with Crippen molar-refractivity contribution in [3.8, 4) is 10.6 Å². The van der Waals surface area contributed by atoms with Gasteiger partial charge in [-0.2, -0.15) is 0 Å². The van der Waals surface area contributed by atoms with Gasteiger partial charge in [0, 0.05) is 25.7 Å². The minimum absolute atomic E-state index is 0.114. The minimum atomic E-state index is -0.318. The lowest BCUT2D eigenvalue weighted by Gasteiger charge is -2.38. The van der Waals surface area contributed by atoms with Crippen LogP contribution in [-0.2, 0) is 0 Å². The number of pyridine rings is 1. The Morgan fingerprint density at radius 1 is 1.32 bits per heavy atom. The van der Waals surface area contributed by atoms with E-state index < -0.39 is 0 Å². The van der Waals surface area contributed by atoms with Gasteiger partial charge in [0.25, 0.3) is 11.5 Å². The highest BCUT2D eigenvalue weighted by molar-refractivity contribution is 7.13. The molecule has 0 saturated carbocycles. The van der Waals surface area contributed by atoms with Crippen LogP contribution >= 0.6 is 11.3 Å². The van der Waals surface area contributed by atoms with Crippen molar-refractivity contribution in [2.45, 2.75) is 13.0 Å². The number of hydrogen-bond acceptors (Lipinski definition) is 4. The Kier molecular flexibility index (Phi) is 4.13. The number of piperazine rings is 1. The second-order valence-electron chi connectivity index (χ2n) is 5.70. The van der Waals surface area contributed by atoms with Crippen molar-refractivity contribution in [3.63, 3.8) is 0 Å². The molecule has 1 saturated heterocycles. The first-order valence-electron chi connectivity index (χ1n) is 7.33. The van der Waals surface area contributed by atoms with Crippen LogP contribution in [0.2, 0.25) is 0 Å². The van der Waals surface area contributed by atoms with Crippen molar-refractivity contribution in [2.24, 2.45) is 0 Å². The molecule has 3 rings (SSSR count). The maximum absolute atomic E-state index is 12.6. The average molecular weight is 317 g/mol. The van der Waals surface area contributed by atoms with Gasteiger partial charge >= 0.3 is 0 Å². The van der Waals surface area contributed by atoms with Crippen LogP contribution in [0.15, 0.2) is 34.4 Å². The van der Waals surface area contributed by atoms with Crippen molar-refractivity contribution < 1.29 is 4.79 Å². The number of thiophene rings is 1. The molecule has 1 aliphatic rings. The van der Waals surface area contributed by atoms with E-state index in [0.717, 1.165) is 23.7 Å². The number of H-pyrrole nitrogens is 1. The van der Waals surface area contributed by atoms with Crippen LogP contribution in [0.5, 0.6) is 0 Å². The lowest BCUT2D eigenvalue weighted by atomic mass is 10.1. The van der Waals surface area contributed by atoms with Crippen LogP contribution in [0.25, 0.3) is 10.6 Å². The summed E-state index contributed by atoms with van der Waals surface area (Å²) in [6, 6.07) is 7.44. The third-order valence-corrected chi connectivity index (χ3v) is 4.92. The third-order valence-electron chi connectivity index (χ3n) is 4.02. The van der Waals surface area contributed by atoms with E-state index in [1.807, 2.05) is 31.5 Å². The quantitative estimate of drug-likeness (QED) is 0.920. The summed E-state index contributed by atoms with van der Waals surface area (Å²) < 4.78 is 0. The molecule has 0 aliphatic carbocycles. The van der Waals surface area contributed by atoms with Gasteiger partial charge in [-0.25, -0.2) is 0 Å². The minimum Gasteiger partial charge on any atom is -0.333 e. The summed E-state index contributed by atoms with van der Waals surface area (Å²) in [7, 11) is 2.04. The number of likely N-dealkylation sites (N-methyl/N-ethyl adjacent to an activating group) is 1. The van der Waals surface area contributed by atoms with E-state index in [1.54, 1.807) is 28.4 Å². The third kappa shape index (κ3) is 2.84. The monoisotopic (exact) mass is 317 g/mol. The summed E-state index contributed by atoms with van der Waals surface area (Å²) in [4.78, 5) is 32.7. The molecule has 2 aromatic rings. The first-order chi connectivity index (χ1) is 10.6. The normalized spacial score (nSPS) is 19.4. The zero-order chi connectivity index (χ0) is 15.7. The molecule has 0 spiro atoms. The molecule has 2 aromatic heterocycles. The predicted molar refractivity (Wildman–Crippen MR) is 88.4 cm³/mol. The highest BCUT2D eigenvalue weighted by Crippen LogP contribution is 2.21. The van der Waals surface area contributed by atoms with Crippen molar-refractivity contribution in [1.82, 2.24) is 14.8 Å². The summed E-state index contributed by atoms with van der Waals surface area (Å²) in [6.07, 6.45) is 0. The van der Waals surface area contributed by atoms with Gasteiger partial charge in [-0.3, -0.25) is 9.59 Å². The Hall–Kier alpha value is -1.92. The van der Waals surface area contributed by atoms with E-state index in [2.05, 4.69) is 9.88 Å². The number of hydrogen-bond donors (Lipinski definition) is 1. The first-order valence-corrected chi connectivity index (χ1v) is 8.21. The molecule has 22 heavy (non-hydrogen) atoms. The fraction of sp³-hybridized carbons (Fsp3) is 0.375. The molecule has 0 aromatic carbocycles. The zero-order valence-corrected chi connectivity index (χ0v) is 13.5. The average Bonchev–Trinajstić information content (AvgIpc) is 3.00. The van der Waals surface area contributed by atoms with Gasteiger partial charge in [0.2, 0.25) is 0 Å². The summed E-state index contributed by atoms with van der Waals surface area (Å²) in [5.74, 6) is -0.181. The molecule has 1 aliphatic heterocycles. The molecule has 6 heteroatoms. The molecule has 0 bridgehead atoms.